The van der Waals surface area contributed by atoms with Gasteiger partial charge in [0, 0.05) is 0 Å². The molecule has 25 heavy (non-hydrogen) atoms. The number of nitrogens with one attached hydrogen (secondary N) is 1. The van der Waals surface area contributed by atoms with Crippen LogP contribution in [0.2, 0.25) is 0 Å². The zero-order valence-corrected chi connectivity index (χ0v) is 18.7. The molecule has 0 bridgehead atoms. The minimum absolute atomic E-state index is 0. The molecule has 1 N–H and O–H groups in total. The Labute approximate surface area is 183 Å². The van der Waals surface area contributed by atoms with E-state index in [4.69, 9.17) is 5.73 Å². The molecule has 0 aromatic carbocycles. The first-order valence-corrected chi connectivity index (χ1v) is 9.74. The number of hydrogen-bond donors (Lipinski definition) is 0. The van der Waals surface area contributed by atoms with E-state index in [1.807, 2.05) is 0 Å². The van der Waals surface area contributed by atoms with Gasteiger partial charge in [-0.2, -0.15) is 12.8 Å². The van der Waals surface area contributed by atoms with Crippen LogP contribution in [0, 0.1) is 12.3 Å². The van der Waals surface area contributed by atoms with Gasteiger partial charge in [-0.25, -0.2) is 0 Å². The van der Waals surface area contributed by atoms with E-state index in [1.54, 1.807) is 5.57 Å². The van der Waals surface area contributed by atoms with Gasteiger partial charge in [0.15, 0.2) is 0 Å². The van der Waals surface area contributed by atoms with Crippen LogP contribution in [0.25, 0.3) is 5.73 Å². The summed E-state index contributed by atoms with van der Waals surface area (Å²) in [7, 11) is 0. The van der Waals surface area contributed by atoms with Gasteiger partial charge in [-0.05, 0) is 12.3 Å². The number of halogens is 2. The molecule has 0 amide bonds. The van der Waals surface area contributed by atoms with E-state index >= 15 is 0 Å². The Bertz CT molecular complexity index is 346. The smallest absolute Gasteiger partial charge is 1.00 e. The summed E-state index contributed by atoms with van der Waals surface area (Å²) in [5.41, 5.74) is 9.45. The monoisotopic (exact) mass is 419 g/mol. The van der Waals surface area contributed by atoms with Crippen LogP contribution in [-0.2, 0) is 21.7 Å². The van der Waals surface area contributed by atoms with Crippen molar-refractivity contribution in [2.75, 3.05) is 0 Å². The van der Waals surface area contributed by atoms with Crippen molar-refractivity contribution in [3.63, 3.8) is 0 Å². The first kappa shape index (κ1) is 27.9. The van der Waals surface area contributed by atoms with Crippen LogP contribution in [0.5, 0.6) is 0 Å². The quantitative estimate of drug-likeness (QED) is 0.416. The molecule has 0 aliphatic heterocycles. The molecule has 0 spiro atoms. The van der Waals surface area contributed by atoms with Gasteiger partial charge in [0.1, 0.15) is 0 Å². The Balaban J connectivity index is 0. The zero-order chi connectivity index (χ0) is 15.5. The van der Waals surface area contributed by atoms with E-state index in [2.05, 4.69) is 24.6 Å². The molecule has 142 valence electrons. The van der Waals surface area contributed by atoms with Crippen molar-refractivity contribution in [3.8, 4) is 0 Å². The van der Waals surface area contributed by atoms with Gasteiger partial charge in [0.25, 0.3) is 0 Å². The maximum absolute atomic E-state index is 7.80. The van der Waals surface area contributed by atoms with Crippen molar-refractivity contribution < 1.29 is 46.5 Å². The Kier molecular flexibility index (Phi) is 20.3. The molecule has 0 radical (unpaired) electrons. The van der Waals surface area contributed by atoms with E-state index in [9.17, 15) is 0 Å². The van der Waals surface area contributed by atoms with E-state index in [1.165, 1.54) is 77.0 Å². The fourth-order valence-corrected chi connectivity index (χ4v) is 3.82. The minimum Gasteiger partial charge on any atom is -1.00 e. The maximum Gasteiger partial charge on any atom is 4.00 e. The molecule has 4 heteroatoms. The summed E-state index contributed by atoms with van der Waals surface area (Å²) < 4.78 is 0. The van der Waals surface area contributed by atoms with Crippen LogP contribution < -0.4 is 24.8 Å². The zero-order valence-electron chi connectivity index (χ0n) is 15.6. The molecular weight excluding hydrogens is 385 g/mol. The van der Waals surface area contributed by atoms with Gasteiger partial charge >= 0.3 is 21.7 Å². The van der Waals surface area contributed by atoms with Crippen molar-refractivity contribution in [2.45, 2.75) is 95.9 Å². The first-order chi connectivity index (χ1) is 10.9. The largest absolute Gasteiger partial charge is 4.00 e. The van der Waals surface area contributed by atoms with Crippen molar-refractivity contribution in [3.05, 3.63) is 36.0 Å². The predicted octanol–water partition coefficient (Wildman–Crippen LogP) is 1.20. The summed E-state index contributed by atoms with van der Waals surface area (Å²) in [6.07, 6.45) is 27.7. The second kappa shape index (κ2) is 18.1. The Morgan fingerprint density at radius 2 is 1.36 bits per heavy atom. The van der Waals surface area contributed by atoms with Crippen LogP contribution in [0.15, 0.2) is 23.8 Å². The Morgan fingerprint density at radius 1 is 0.840 bits per heavy atom. The topological polar surface area (TPSA) is 23.8 Å². The molecule has 1 nitrogen and oxygen atoms in total. The van der Waals surface area contributed by atoms with Crippen LogP contribution in [0.3, 0.4) is 0 Å². The third kappa shape index (κ3) is 12.7. The van der Waals surface area contributed by atoms with Crippen molar-refractivity contribution >= 4 is 0 Å². The molecule has 1 unspecified atom stereocenters. The van der Waals surface area contributed by atoms with Crippen LogP contribution >= 0.6 is 0 Å². The molecule has 0 heterocycles. The molecule has 1 atom stereocenters. The van der Waals surface area contributed by atoms with Gasteiger partial charge in [-0.15, -0.1) is 6.04 Å². The Morgan fingerprint density at radius 3 is 1.88 bits per heavy atom. The molecule has 2 saturated carbocycles. The van der Waals surface area contributed by atoms with E-state index in [0.29, 0.717) is 0 Å². The third-order valence-corrected chi connectivity index (χ3v) is 5.33. The summed E-state index contributed by atoms with van der Waals surface area (Å²) in [5, 5.41) is 0. The molecule has 0 aromatic heterocycles. The van der Waals surface area contributed by atoms with Crippen LogP contribution in [0.1, 0.15) is 89.9 Å². The van der Waals surface area contributed by atoms with Crippen molar-refractivity contribution in [2.24, 2.45) is 5.92 Å². The number of rotatable bonds is 0. The van der Waals surface area contributed by atoms with Crippen LogP contribution in [0.4, 0.5) is 0 Å². The van der Waals surface area contributed by atoms with Crippen LogP contribution in [-0.4, -0.2) is 6.04 Å². The van der Waals surface area contributed by atoms with E-state index in [0.717, 1.165) is 18.8 Å². The first-order valence-electron chi connectivity index (χ1n) is 9.74. The van der Waals surface area contributed by atoms with Gasteiger partial charge in [0.05, 0.1) is 0 Å². The maximum atomic E-state index is 7.80. The second-order valence-electron chi connectivity index (χ2n) is 7.29. The standard InChI is InChI=1S/C12H24N.C9H11.2ClH.Ti/c13-12-10-8-6-4-2-1-3-5-7-9-11-12;1-2-5-9-7-3-6-8(9)4-1;;;/h12-13H,1-11H2;1-4,9H,5-7H2;2*1H;/q2*-1;;;+4/p-2. The number of fused-ring (bicyclic) bond motifs is 1. The average Bonchev–Trinajstić information content (AvgIpc) is 3.00. The molecule has 2 fully saturated rings. The van der Waals surface area contributed by atoms with Gasteiger partial charge in [-0.3, -0.25) is 0 Å². The summed E-state index contributed by atoms with van der Waals surface area (Å²) in [4.78, 5) is 0. The molecule has 0 saturated heterocycles. The molecular formula is C21H35Cl2NTi. The van der Waals surface area contributed by atoms with Gasteiger partial charge in [-0.1, -0.05) is 94.4 Å². The van der Waals surface area contributed by atoms with E-state index < -0.39 is 0 Å². The fourth-order valence-electron chi connectivity index (χ4n) is 3.82. The van der Waals surface area contributed by atoms with Gasteiger partial charge in [0.2, 0.25) is 0 Å². The molecule has 3 aliphatic rings. The normalized spacial score (nSPS) is 24.4. The van der Waals surface area contributed by atoms with Gasteiger partial charge < -0.3 is 37.0 Å². The summed E-state index contributed by atoms with van der Waals surface area (Å²) >= 11 is 0. The van der Waals surface area contributed by atoms with Crippen molar-refractivity contribution in [1.29, 1.82) is 0 Å². The van der Waals surface area contributed by atoms with Crippen molar-refractivity contribution in [1.82, 2.24) is 0 Å². The molecule has 3 rings (SSSR count). The molecule has 0 aromatic rings. The summed E-state index contributed by atoms with van der Waals surface area (Å²) in [6, 6.07) is 0.249. The predicted molar refractivity (Wildman–Crippen MR) is 97.8 cm³/mol. The third-order valence-electron chi connectivity index (χ3n) is 5.33. The summed E-state index contributed by atoms with van der Waals surface area (Å²) in [6.45, 7) is 0. The molecule has 3 aliphatic carbocycles. The second-order valence-corrected chi connectivity index (χ2v) is 7.29. The average molecular weight is 420 g/mol. The fraction of sp³-hybridized carbons (Fsp3) is 0.762. The summed E-state index contributed by atoms with van der Waals surface area (Å²) in [5.74, 6) is 0.884. The van der Waals surface area contributed by atoms with E-state index in [-0.39, 0.29) is 52.6 Å². The minimum atomic E-state index is 0. The number of allylic oxidation sites excluding steroid dienone is 4. The Hall–Kier alpha value is 0.734. The SMILES string of the molecule is C1=CCC2C[CH-]CC2=C1.[Cl-].[Cl-].[NH-]C1CCCCCCCCCCC1.[Ti+4]. The number of hydrogen-bond acceptors (Lipinski definition) is 0.